The number of para-hydroxylation sites is 1. The van der Waals surface area contributed by atoms with E-state index in [0.717, 1.165) is 11.8 Å². The summed E-state index contributed by atoms with van der Waals surface area (Å²) in [4.78, 5) is 32.3. The van der Waals surface area contributed by atoms with Gasteiger partial charge < -0.3 is 19.8 Å². The van der Waals surface area contributed by atoms with Crippen LogP contribution in [0.15, 0.2) is 63.4 Å². The highest BCUT2D eigenvalue weighted by molar-refractivity contribution is 7.99. The van der Waals surface area contributed by atoms with Gasteiger partial charge in [-0.25, -0.2) is 19.6 Å². The summed E-state index contributed by atoms with van der Waals surface area (Å²) in [6.07, 6.45) is -3.34. The van der Waals surface area contributed by atoms with E-state index in [-0.39, 0.29) is 34.2 Å². The molecule has 2 N–H and O–H groups in total. The molecule has 3 aromatic rings. The molecule has 12 heteroatoms. The molecule has 1 aliphatic rings. The van der Waals surface area contributed by atoms with Crippen molar-refractivity contribution in [3.05, 3.63) is 65.5 Å². The fraction of sp³-hybridized carbons (Fsp3) is 0.238. The smallest absolute Gasteiger partial charge is 0.451 e. The van der Waals surface area contributed by atoms with Gasteiger partial charge in [-0.1, -0.05) is 30.0 Å². The number of amides is 2. The first-order chi connectivity index (χ1) is 15.8. The van der Waals surface area contributed by atoms with Crippen molar-refractivity contribution in [1.29, 1.82) is 0 Å². The molecule has 1 aliphatic heterocycles. The molecule has 172 valence electrons. The van der Waals surface area contributed by atoms with Gasteiger partial charge in [-0.3, -0.25) is 0 Å². The Morgan fingerprint density at radius 2 is 2.00 bits per heavy atom. The number of nitrogens with zero attached hydrogens (tertiary/aromatic N) is 2. The van der Waals surface area contributed by atoms with Crippen molar-refractivity contribution >= 4 is 34.7 Å². The molecule has 0 radical (unpaired) electrons. The number of carbonyl (C=O) groups excluding carboxylic acids is 2. The van der Waals surface area contributed by atoms with E-state index < -0.39 is 30.0 Å². The Kier molecular flexibility index (Phi) is 6.27. The minimum absolute atomic E-state index is 0.0585. The monoisotopic (exact) mass is 478 g/mol. The fourth-order valence-corrected chi connectivity index (χ4v) is 4.26. The maximum absolute atomic E-state index is 13.3. The quantitative estimate of drug-likeness (QED) is 0.311. The third-order valence-corrected chi connectivity index (χ3v) is 5.67. The first-order valence-corrected chi connectivity index (χ1v) is 10.7. The number of furan rings is 1. The Morgan fingerprint density at radius 1 is 1.21 bits per heavy atom. The second kappa shape index (κ2) is 9.14. The number of benzene rings is 1. The van der Waals surface area contributed by atoms with Crippen LogP contribution >= 0.6 is 11.8 Å². The minimum atomic E-state index is -4.73. The molecule has 1 atom stereocenters. The lowest BCUT2D eigenvalue weighted by atomic mass is 10.0. The highest BCUT2D eigenvalue weighted by Gasteiger charge is 2.37. The van der Waals surface area contributed by atoms with Crippen LogP contribution in [-0.4, -0.2) is 34.3 Å². The van der Waals surface area contributed by atoms with Gasteiger partial charge in [0.15, 0.2) is 0 Å². The van der Waals surface area contributed by atoms with Crippen molar-refractivity contribution in [2.24, 2.45) is 0 Å². The van der Waals surface area contributed by atoms with E-state index in [1.54, 1.807) is 37.3 Å². The molecule has 2 aromatic heterocycles. The van der Waals surface area contributed by atoms with Crippen LogP contribution < -0.4 is 10.6 Å². The molecule has 3 heterocycles. The Bertz CT molecular complexity index is 1230. The minimum Gasteiger partial charge on any atom is -0.467 e. The fourth-order valence-electron chi connectivity index (χ4n) is 3.28. The maximum Gasteiger partial charge on any atom is 0.451 e. The second-order valence-electron chi connectivity index (χ2n) is 6.82. The van der Waals surface area contributed by atoms with Crippen molar-refractivity contribution in [1.82, 2.24) is 20.6 Å². The summed E-state index contributed by atoms with van der Waals surface area (Å²) in [6.45, 7) is 1.72. The van der Waals surface area contributed by atoms with Crippen LogP contribution in [0.1, 0.15) is 24.6 Å². The van der Waals surface area contributed by atoms with Gasteiger partial charge in [0.25, 0.3) is 0 Å². The van der Waals surface area contributed by atoms with Gasteiger partial charge in [-0.05, 0) is 25.1 Å². The number of fused-ring (bicyclic) bond motifs is 1. The zero-order valence-corrected chi connectivity index (χ0v) is 17.9. The van der Waals surface area contributed by atoms with Crippen LogP contribution in [0.5, 0.6) is 0 Å². The molecule has 2 amide bonds. The summed E-state index contributed by atoms with van der Waals surface area (Å²) >= 11 is 0.937. The number of thioether (sulfide) groups is 1. The highest BCUT2D eigenvalue weighted by atomic mass is 32.2. The molecule has 33 heavy (non-hydrogen) atoms. The molecule has 8 nitrogen and oxygen atoms in total. The van der Waals surface area contributed by atoms with E-state index in [0.29, 0.717) is 11.1 Å². The standard InChI is InChI=1S/C21H17F3N4O4S/c1-2-31-18(29)15-13(26-20(30)27-16(15)14-8-5-9-32-14)10-33-17-11-6-3-4-7-12(11)25-19(28-17)21(22,23)24/h3-9,16H,2,10H2,1H3,(H2,26,27,30). The summed E-state index contributed by atoms with van der Waals surface area (Å²) in [5.41, 5.74) is 0.401. The van der Waals surface area contributed by atoms with Gasteiger partial charge in [-0.2, -0.15) is 13.2 Å². The molecular weight excluding hydrogens is 461 g/mol. The molecule has 0 fully saturated rings. The number of carbonyl (C=O) groups is 2. The van der Waals surface area contributed by atoms with Crippen LogP contribution in [0.4, 0.5) is 18.0 Å². The number of alkyl halides is 3. The third kappa shape index (κ3) is 4.80. The highest BCUT2D eigenvalue weighted by Crippen LogP contribution is 2.34. The maximum atomic E-state index is 13.3. The summed E-state index contributed by atoms with van der Waals surface area (Å²) in [6, 6.07) is 7.97. The van der Waals surface area contributed by atoms with Crippen molar-refractivity contribution in [2.75, 3.05) is 12.4 Å². The van der Waals surface area contributed by atoms with Crippen LogP contribution in [0.2, 0.25) is 0 Å². The molecular formula is C21H17F3N4O4S. The van der Waals surface area contributed by atoms with Crippen LogP contribution in [-0.2, 0) is 15.7 Å². The summed E-state index contributed by atoms with van der Waals surface area (Å²) < 4.78 is 50.5. The van der Waals surface area contributed by atoms with E-state index in [4.69, 9.17) is 9.15 Å². The largest absolute Gasteiger partial charge is 0.467 e. The van der Waals surface area contributed by atoms with Crippen molar-refractivity contribution < 1.29 is 31.9 Å². The van der Waals surface area contributed by atoms with E-state index in [1.165, 1.54) is 12.3 Å². The Hall–Kier alpha value is -3.54. The Balaban J connectivity index is 1.75. The van der Waals surface area contributed by atoms with Crippen LogP contribution in [0, 0.1) is 0 Å². The number of hydrogen-bond acceptors (Lipinski definition) is 7. The van der Waals surface area contributed by atoms with Gasteiger partial charge in [-0.15, -0.1) is 0 Å². The molecule has 1 aromatic carbocycles. The molecule has 0 spiro atoms. The van der Waals surface area contributed by atoms with Crippen LogP contribution in [0.3, 0.4) is 0 Å². The van der Waals surface area contributed by atoms with Gasteiger partial charge in [0.2, 0.25) is 5.82 Å². The van der Waals surface area contributed by atoms with Gasteiger partial charge in [0.05, 0.1) is 24.0 Å². The van der Waals surface area contributed by atoms with Crippen molar-refractivity contribution in [3.8, 4) is 0 Å². The third-order valence-electron chi connectivity index (χ3n) is 4.65. The second-order valence-corrected chi connectivity index (χ2v) is 7.78. The average Bonchev–Trinajstić information content (AvgIpc) is 3.31. The predicted octanol–water partition coefficient (Wildman–Crippen LogP) is 4.21. The predicted molar refractivity (Wildman–Crippen MR) is 112 cm³/mol. The number of nitrogens with one attached hydrogen (secondary N) is 2. The lowest BCUT2D eigenvalue weighted by molar-refractivity contribution is -0.145. The Morgan fingerprint density at radius 3 is 2.70 bits per heavy atom. The lowest BCUT2D eigenvalue weighted by Crippen LogP contribution is -2.46. The van der Waals surface area contributed by atoms with E-state index in [2.05, 4.69) is 20.6 Å². The summed E-state index contributed by atoms with van der Waals surface area (Å²) in [5.74, 6) is -1.71. The lowest BCUT2D eigenvalue weighted by Gasteiger charge is -2.27. The number of halogens is 3. The molecule has 0 bridgehead atoms. The number of esters is 1. The van der Waals surface area contributed by atoms with E-state index in [9.17, 15) is 22.8 Å². The summed E-state index contributed by atoms with van der Waals surface area (Å²) in [7, 11) is 0. The number of aromatic nitrogens is 2. The first-order valence-electron chi connectivity index (χ1n) is 9.75. The molecule has 1 unspecified atom stereocenters. The van der Waals surface area contributed by atoms with E-state index >= 15 is 0 Å². The SMILES string of the molecule is CCOC(=O)C1=C(CSc2nc(C(F)(F)F)nc3ccccc23)NC(=O)NC1c1ccco1. The topological polar surface area (TPSA) is 106 Å². The summed E-state index contributed by atoms with van der Waals surface area (Å²) in [5, 5.41) is 5.64. The number of ether oxygens (including phenoxy) is 1. The van der Waals surface area contributed by atoms with Crippen molar-refractivity contribution in [2.45, 2.75) is 24.2 Å². The number of urea groups is 1. The molecule has 0 saturated carbocycles. The number of hydrogen-bond donors (Lipinski definition) is 2. The normalized spacial score (nSPS) is 16.5. The molecule has 0 aliphatic carbocycles. The molecule has 4 rings (SSSR count). The first kappa shape index (κ1) is 22.6. The van der Waals surface area contributed by atoms with Crippen molar-refractivity contribution in [3.63, 3.8) is 0 Å². The Labute approximate surface area is 189 Å². The molecule has 0 saturated heterocycles. The van der Waals surface area contributed by atoms with Gasteiger partial charge in [0, 0.05) is 16.8 Å². The number of rotatable bonds is 6. The van der Waals surface area contributed by atoms with Gasteiger partial charge >= 0.3 is 18.2 Å². The zero-order valence-electron chi connectivity index (χ0n) is 17.1. The zero-order chi connectivity index (χ0) is 23.6. The van der Waals surface area contributed by atoms with E-state index in [1.807, 2.05) is 0 Å². The average molecular weight is 478 g/mol. The van der Waals surface area contributed by atoms with Gasteiger partial charge in [0.1, 0.15) is 16.8 Å². The van der Waals surface area contributed by atoms with Crippen LogP contribution in [0.25, 0.3) is 10.9 Å².